The van der Waals surface area contributed by atoms with E-state index in [-0.39, 0.29) is 5.91 Å². The van der Waals surface area contributed by atoms with Crippen molar-refractivity contribution < 1.29 is 4.79 Å². The second-order valence-corrected chi connectivity index (χ2v) is 6.15. The van der Waals surface area contributed by atoms with Gasteiger partial charge in [-0.25, -0.2) is 0 Å². The third kappa shape index (κ3) is 3.17. The van der Waals surface area contributed by atoms with Crippen molar-refractivity contribution in [3.63, 3.8) is 0 Å². The first-order valence-electron chi connectivity index (χ1n) is 7.37. The van der Waals surface area contributed by atoms with Gasteiger partial charge in [0, 0.05) is 11.6 Å². The summed E-state index contributed by atoms with van der Waals surface area (Å²) >= 11 is 0. The number of rotatable bonds is 2. The van der Waals surface area contributed by atoms with Crippen LogP contribution >= 0.6 is 0 Å². The zero-order valence-corrected chi connectivity index (χ0v) is 12.5. The number of carbonyl (C=O) groups is 1. The molecular formula is C17H25NO. The molecule has 0 spiro atoms. The number of amides is 1. The summed E-state index contributed by atoms with van der Waals surface area (Å²) in [5, 5.41) is 3.22. The van der Waals surface area contributed by atoms with E-state index in [1.165, 1.54) is 24.0 Å². The van der Waals surface area contributed by atoms with E-state index in [1.54, 1.807) is 0 Å². The van der Waals surface area contributed by atoms with E-state index in [9.17, 15) is 4.79 Å². The highest BCUT2D eigenvalue weighted by Gasteiger charge is 2.28. The molecule has 1 aliphatic carbocycles. The van der Waals surface area contributed by atoms with Gasteiger partial charge < -0.3 is 5.32 Å². The Morgan fingerprint density at radius 2 is 1.89 bits per heavy atom. The fourth-order valence-corrected chi connectivity index (χ4v) is 2.92. The minimum Gasteiger partial charge on any atom is -0.349 e. The topological polar surface area (TPSA) is 29.1 Å². The molecule has 1 aromatic rings. The molecule has 0 aromatic heterocycles. The Hall–Kier alpha value is -1.31. The Morgan fingerprint density at radius 3 is 2.58 bits per heavy atom. The van der Waals surface area contributed by atoms with Crippen molar-refractivity contribution in [3.8, 4) is 0 Å². The molecule has 0 heterocycles. The van der Waals surface area contributed by atoms with Crippen molar-refractivity contribution in [1.29, 1.82) is 0 Å². The molecule has 104 valence electrons. The molecule has 0 bridgehead atoms. The van der Waals surface area contributed by atoms with Crippen molar-refractivity contribution in [2.75, 3.05) is 0 Å². The maximum atomic E-state index is 12.3. The molecule has 1 N–H and O–H groups in total. The molecule has 0 aliphatic heterocycles. The number of nitrogens with one attached hydrogen (secondary N) is 1. The molecule has 1 aromatic carbocycles. The molecule has 1 amide bonds. The SMILES string of the molecule is Cc1ccc(C(=O)N[C@@H]2CCC[C@@H](C)[C@@H]2C)cc1C. The molecule has 0 saturated heterocycles. The highest BCUT2D eigenvalue weighted by Crippen LogP contribution is 2.29. The Bertz CT molecular complexity index is 466. The molecule has 1 fully saturated rings. The average molecular weight is 259 g/mol. The summed E-state index contributed by atoms with van der Waals surface area (Å²) in [7, 11) is 0. The summed E-state index contributed by atoms with van der Waals surface area (Å²) in [4.78, 5) is 12.3. The third-order valence-electron chi connectivity index (χ3n) is 4.79. The van der Waals surface area contributed by atoms with Crippen LogP contribution in [0.25, 0.3) is 0 Å². The molecule has 19 heavy (non-hydrogen) atoms. The largest absolute Gasteiger partial charge is 0.349 e. The quantitative estimate of drug-likeness (QED) is 0.858. The van der Waals surface area contributed by atoms with E-state index >= 15 is 0 Å². The first kappa shape index (κ1) is 14.1. The number of benzene rings is 1. The van der Waals surface area contributed by atoms with Crippen LogP contribution in [-0.4, -0.2) is 11.9 Å². The molecule has 2 heteroatoms. The van der Waals surface area contributed by atoms with E-state index in [4.69, 9.17) is 0 Å². The van der Waals surface area contributed by atoms with Gasteiger partial charge in [-0.2, -0.15) is 0 Å². The van der Waals surface area contributed by atoms with Crippen LogP contribution in [0.3, 0.4) is 0 Å². The lowest BCUT2D eigenvalue weighted by atomic mass is 9.78. The zero-order chi connectivity index (χ0) is 14.0. The summed E-state index contributed by atoms with van der Waals surface area (Å²) in [6.45, 7) is 8.67. The van der Waals surface area contributed by atoms with Crippen LogP contribution in [0.4, 0.5) is 0 Å². The zero-order valence-electron chi connectivity index (χ0n) is 12.5. The van der Waals surface area contributed by atoms with Crippen LogP contribution in [0, 0.1) is 25.7 Å². The van der Waals surface area contributed by atoms with E-state index < -0.39 is 0 Å². The number of aryl methyl sites for hydroxylation is 2. The van der Waals surface area contributed by atoms with Gasteiger partial charge in [0.25, 0.3) is 5.91 Å². The minimum absolute atomic E-state index is 0.0778. The number of carbonyl (C=O) groups excluding carboxylic acids is 1. The van der Waals surface area contributed by atoms with Crippen molar-refractivity contribution >= 4 is 5.91 Å². The van der Waals surface area contributed by atoms with Crippen molar-refractivity contribution in [2.45, 2.75) is 53.0 Å². The van der Waals surface area contributed by atoms with Gasteiger partial charge in [-0.15, -0.1) is 0 Å². The molecule has 2 nitrogen and oxygen atoms in total. The van der Waals surface area contributed by atoms with Gasteiger partial charge in [-0.1, -0.05) is 32.8 Å². The van der Waals surface area contributed by atoms with Gasteiger partial charge in [-0.05, 0) is 55.4 Å². The normalized spacial score (nSPS) is 27.1. The summed E-state index contributed by atoms with van der Waals surface area (Å²) < 4.78 is 0. The Labute approximate surface area is 116 Å². The van der Waals surface area contributed by atoms with Crippen LogP contribution in [0.15, 0.2) is 18.2 Å². The summed E-state index contributed by atoms with van der Waals surface area (Å²) in [6.07, 6.45) is 3.63. The number of hydrogen-bond acceptors (Lipinski definition) is 1. The fourth-order valence-electron chi connectivity index (χ4n) is 2.92. The van der Waals surface area contributed by atoms with Gasteiger partial charge in [0.15, 0.2) is 0 Å². The van der Waals surface area contributed by atoms with Gasteiger partial charge in [-0.3, -0.25) is 4.79 Å². The van der Waals surface area contributed by atoms with Crippen LogP contribution in [0.1, 0.15) is 54.6 Å². The Balaban J connectivity index is 2.06. The van der Waals surface area contributed by atoms with Gasteiger partial charge >= 0.3 is 0 Å². The first-order chi connectivity index (χ1) is 8.99. The Kier molecular flexibility index (Phi) is 4.28. The summed E-state index contributed by atoms with van der Waals surface area (Å²) in [6, 6.07) is 6.27. The molecular weight excluding hydrogens is 234 g/mol. The second kappa shape index (κ2) is 5.77. The maximum Gasteiger partial charge on any atom is 0.251 e. The molecule has 3 atom stereocenters. The average Bonchev–Trinajstić information content (AvgIpc) is 2.38. The predicted octanol–water partition coefficient (Wildman–Crippen LogP) is 3.86. The van der Waals surface area contributed by atoms with E-state index in [1.807, 2.05) is 18.2 Å². The smallest absolute Gasteiger partial charge is 0.251 e. The lowest BCUT2D eigenvalue weighted by molar-refractivity contribution is 0.0891. The van der Waals surface area contributed by atoms with Crippen molar-refractivity contribution in [2.24, 2.45) is 11.8 Å². The summed E-state index contributed by atoms with van der Waals surface area (Å²) in [5.74, 6) is 1.36. The predicted molar refractivity (Wildman–Crippen MR) is 79.3 cm³/mol. The van der Waals surface area contributed by atoms with Crippen LogP contribution in [0.2, 0.25) is 0 Å². The van der Waals surface area contributed by atoms with Gasteiger partial charge in [0.2, 0.25) is 0 Å². The standard InChI is InChI=1S/C17H25NO/c1-11-8-9-15(10-13(11)3)17(19)18-16-7-5-6-12(2)14(16)4/h8-10,12,14,16H,5-7H2,1-4H3,(H,18,19)/t12-,14+,16-/m1/s1. The van der Waals surface area contributed by atoms with E-state index in [0.717, 1.165) is 12.0 Å². The molecule has 1 aliphatic rings. The molecule has 0 radical (unpaired) electrons. The molecule has 0 unspecified atom stereocenters. The van der Waals surface area contributed by atoms with Crippen LogP contribution < -0.4 is 5.32 Å². The van der Waals surface area contributed by atoms with Gasteiger partial charge in [0.05, 0.1) is 0 Å². The van der Waals surface area contributed by atoms with E-state index in [2.05, 4.69) is 33.0 Å². The lowest BCUT2D eigenvalue weighted by Crippen LogP contribution is -2.43. The van der Waals surface area contributed by atoms with Crippen LogP contribution in [-0.2, 0) is 0 Å². The third-order valence-corrected chi connectivity index (χ3v) is 4.79. The van der Waals surface area contributed by atoms with Crippen molar-refractivity contribution in [1.82, 2.24) is 5.32 Å². The maximum absolute atomic E-state index is 12.3. The van der Waals surface area contributed by atoms with E-state index in [0.29, 0.717) is 17.9 Å². The molecule has 2 rings (SSSR count). The number of hydrogen-bond donors (Lipinski definition) is 1. The monoisotopic (exact) mass is 259 g/mol. The van der Waals surface area contributed by atoms with Crippen LogP contribution in [0.5, 0.6) is 0 Å². The van der Waals surface area contributed by atoms with Crippen molar-refractivity contribution in [3.05, 3.63) is 34.9 Å². The fraction of sp³-hybridized carbons (Fsp3) is 0.588. The van der Waals surface area contributed by atoms with Gasteiger partial charge in [0.1, 0.15) is 0 Å². The summed E-state index contributed by atoms with van der Waals surface area (Å²) in [5.41, 5.74) is 3.20. The minimum atomic E-state index is 0.0778. The molecule has 1 saturated carbocycles. The second-order valence-electron chi connectivity index (χ2n) is 6.15. The Morgan fingerprint density at radius 1 is 1.16 bits per heavy atom. The lowest BCUT2D eigenvalue weighted by Gasteiger charge is -2.34. The highest BCUT2D eigenvalue weighted by molar-refractivity contribution is 5.94. The highest BCUT2D eigenvalue weighted by atomic mass is 16.1. The first-order valence-corrected chi connectivity index (χ1v) is 7.37.